The molecule has 2 saturated heterocycles. The molecule has 1 amide bonds. The zero-order valence-electron chi connectivity index (χ0n) is 17.1. The number of benzene rings is 1. The summed E-state index contributed by atoms with van der Waals surface area (Å²) in [6.45, 7) is 6.95. The summed E-state index contributed by atoms with van der Waals surface area (Å²) in [7, 11) is 0. The highest BCUT2D eigenvalue weighted by molar-refractivity contribution is 5.95. The number of amides is 1. The second-order valence-electron chi connectivity index (χ2n) is 7.42. The topological polar surface area (TPSA) is 88.2 Å². The molecule has 8 heteroatoms. The van der Waals surface area contributed by atoms with Gasteiger partial charge in [-0.1, -0.05) is 6.92 Å². The number of carbonyl (C=O) groups is 3. The molecule has 1 N–H and O–H groups in total. The van der Waals surface area contributed by atoms with Crippen LogP contribution in [0.4, 0.5) is 5.69 Å². The molecule has 158 valence electrons. The Hall–Kier alpha value is -2.45. The van der Waals surface area contributed by atoms with Gasteiger partial charge in [-0.05, 0) is 56.6 Å². The Balaban J connectivity index is 1.57. The number of piperidine rings is 1. The molecular formula is C21H29N3O5. The number of esters is 2. The van der Waals surface area contributed by atoms with E-state index in [4.69, 9.17) is 4.74 Å². The van der Waals surface area contributed by atoms with Crippen molar-refractivity contribution >= 4 is 23.5 Å². The normalized spacial score (nSPS) is 19.7. The van der Waals surface area contributed by atoms with Gasteiger partial charge in [-0.2, -0.15) is 0 Å². The van der Waals surface area contributed by atoms with Gasteiger partial charge in [0.25, 0.3) is 0 Å². The number of nitrogens with one attached hydrogen (secondary N) is 1. The summed E-state index contributed by atoms with van der Waals surface area (Å²) in [5.74, 6) is -0.773. The Labute approximate surface area is 171 Å². The first-order valence-corrected chi connectivity index (χ1v) is 10.2. The second kappa shape index (κ2) is 9.84. The maximum absolute atomic E-state index is 12.7. The number of carbonyl (C=O) groups excluding carboxylic acids is 3. The predicted octanol–water partition coefficient (Wildman–Crippen LogP) is 1.33. The minimum Gasteiger partial charge on any atom is -0.479 e. The standard InChI is InChI=1S/C21H29N3O5/c1-3-19(21(27)28-15(2)25)29-18-6-4-17(5-7-18)24-13-12-23(14-20(24)26)16-8-10-22-11-9-16/h4-7,16,19,22H,3,8-14H2,1-2H3. The molecule has 0 aliphatic carbocycles. The van der Waals surface area contributed by atoms with E-state index in [2.05, 4.69) is 15.0 Å². The summed E-state index contributed by atoms with van der Waals surface area (Å²) in [6, 6.07) is 7.57. The number of piperazine rings is 1. The minimum atomic E-state index is -0.847. The van der Waals surface area contributed by atoms with Gasteiger partial charge in [-0.3, -0.25) is 14.5 Å². The van der Waals surface area contributed by atoms with Crippen molar-refractivity contribution < 1.29 is 23.9 Å². The molecule has 8 nitrogen and oxygen atoms in total. The molecule has 0 saturated carbocycles. The lowest BCUT2D eigenvalue weighted by Crippen LogP contribution is -2.55. The summed E-state index contributed by atoms with van der Waals surface area (Å²) in [5, 5.41) is 3.36. The number of ether oxygens (including phenoxy) is 2. The molecule has 0 radical (unpaired) electrons. The molecule has 0 bridgehead atoms. The van der Waals surface area contributed by atoms with Crippen molar-refractivity contribution in [3.8, 4) is 5.75 Å². The van der Waals surface area contributed by atoms with Crippen molar-refractivity contribution in [3.63, 3.8) is 0 Å². The molecule has 0 spiro atoms. The lowest BCUT2D eigenvalue weighted by Gasteiger charge is -2.40. The zero-order valence-corrected chi connectivity index (χ0v) is 17.1. The quantitative estimate of drug-likeness (QED) is 0.566. The maximum atomic E-state index is 12.7. The Bertz CT molecular complexity index is 730. The van der Waals surface area contributed by atoms with Crippen molar-refractivity contribution in [3.05, 3.63) is 24.3 Å². The van der Waals surface area contributed by atoms with Crippen LogP contribution in [0.1, 0.15) is 33.1 Å². The largest absolute Gasteiger partial charge is 0.479 e. The monoisotopic (exact) mass is 403 g/mol. The molecule has 1 aromatic carbocycles. The lowest BCUT2D eigenvalue weighted by atomic mass is 10.0. The molecule has 1 atom stereocenters. The van der Waals surface area contributed by atoms with Crippen molar-refractivity contribution in [1.29, 1.82) is 0 Å². The van der Waals surface area contributed by atoms with Gasteiger partial charge in [0.1, 0.15) is 5.75 Å². The van der Waals surface area contributed by atoms with Crippen LogP contribution in [0, 0.1) is 0 Å². The highest BCUT2D eigenvalue weighted by Crippen LogP contribution is 2.24. The van der Waals surface area contributed by atoms with Gasteiger partial charge in [-0.25, -0.2) is 4.79 Å². The molecule has 0 aromatic heterocycles. The Morgan fingerprint density at radius 1 is 1.17 bits per heavy atom. The molecule has 29 heavy (non-hydrogen) atoms. The van der Waals surface area contributed by atoms with Crippen LogP contribution in [-0.4, -0.2) is 67.6 Å². The van der Waals surface area contributed by atoms with Crippen LogP contribution in [0.15, 0.2) is 24.3 Å². The summed E-state index contributed by atoms with van der Waals surface area (Å²) >= 11 is 0. The van der Waals surface area contributed by atoms with Crippen LogP contribution in [0.5, 0.6) is 5.75 Å². The highest BCUT2D eigenvalue weighted by atomic mass is 16.6. The fourth-order valence-corrected chi connectivity index (χ4v) is 3.82. The average molecular weight is 403 g/mol. The average Bonchev–Trinajstić information content (AvgIpc) is 2.72. The van der Waals surface area contributed by atoms with Crippen LogP contribution >= 0.6 is 0 Å². The third-order valence-corrected chi connectivity index (χ3v) is 5.38. The molecule has 1 unspecified atom stereocenters. The van der Waals surface area contributed by atoms with E-state index >= 15 is 0 Å². The molecule has 1 aromatic rings. The summed E-state index contributed by atoms with van der Waals surface area (Å²) in [6.07, 6.45) is 1.71. The molecule has 2 heterocycles. The number of nitrogens with zero attached hydrogens (tertiary/aromatic N) is 2. The summed E-state index contributed by atoms with van der Waals surface area (Å²) in [5.41, 5.74) is 0.812. The van der Waals surface area contributed by atoms with Crippen LogP contribution in [0.2, 0.25) is 0 Å². The molecular weight excluding hydrogens is 374 g/mol. The van der Waals surface area contributed by atoms with Crippen LogP contribution < -0.4 is 15.0 Å². The van der Waals surface area contributed by atoms with Gasteiger partial charge in [0, 0.05) is 31.7 Å². The number of rotatable bonds is 6. The Morgan fingerprint density at radius 3 is 2.45 bits per heavy atom. The van der Waals surface area contributed by atoms with E-state index in [1.165, 1.54) is 6.92 Å². The minimum absolute atomic E-state index is 0.0971. The van der Waals surface area contributed by atoms with Gasteiger partial charge >= 0.3 is 11.9 Å². The SMILES string of the molecule is CCC(Oc1ccc(N2CCN(C3CCNCC3)CC2=O)cc1)C(=O)OC(C)=O. The van der Waals surface area contributed by atoms with E-state index < -0.39 is 18.0 Å². The fraction of sp³-hybridized carbons (Fsp3) is 0.571. The number of hydrogen-bond donors (Lipinski definition) is 1. The van der Waals surface area contributed by atoms with Gasteiger partial charge in [0.2, 0.25) is 5.91 Å². The van der Waals surface area contributed by atoms with E-state index in [-0.39, 0.29) is 5.91 Å². The van der Waals surface area contributed by atoms with Crippen molar-refractivity contribution in [2.24, 2.45) is 0 Å². The van der Waals surface area contributed by atoms with Gasteiger partial charge in [-0.15, -0.1) is 0 Å². The third-order valence-electron chi connectivity index (χ3n) is 5.38. The Morgan fingerprint density at radius 2 is 1.86 bits per heavy atom. The third kappa shape index (κ3) is 5.55. The second-order valence-corrected chi connectivity index (χ2v) is 7.42. The first-order valence-electron chi connectivity index (χ1n) is 10.2. The lowest BCUT2D eigenvalue weighted by molar-refractivity contribution is -0.163. The maximum Gasteiger partial charge on any atom is 0.354 e. The highest BCUT2D eigenvalue weighted by Gasteiger charge is 2.30. The smallest absolute Gasteiger partial charge is 0.354 e. The van der Waals surface area contributed by atoms with Crippen molar-refractivity contribution in [2.75, 3.05) is 37.6 Å². The van der Waals surface area contributed by atoms with Crippen molar-refractivity contribution in [1.82, 2.24) is 10.2 Å². The van der Waals surface area contributed by atoms with Crippen LogP contribution in [0.25, 0.3) is 0 Å². The zero-order chi connectivity index (χ0) is 20.8. The first-order chi connectivity index (χ1) is 14.0. The summed E-state index contributed by atoms with van der Waals surface area (Å²) in [4.78, 5) is 39.6. The van der Waals surface area contributed by atoms with Gasteiger partial charge in [0.15, 0.2) is 6.10 Å². The van der Waals surface area contributed by atoms with Crippen LogP contribution in [0.3, 0.4) is 0 Å². The molecule has 2 aliphatic heterocycles. The molecule has 2 aliphatic rings. The van der Waals surface area contributed by atoms with E-state index in [0.29, 0.717) is 31.3 Å². The number of anilines is 1. The van der Waals surface area contributed by atoms with Gasteiger partial charge < -0.3 is 19.7 Å². The van der Waals surface area contributed by atoms with Gasteiger partial charge in [0.05, 0.1) is 6.54 Å². The van der Waals surface area contributed by atoms with Crippen LogP contribution in [-0.2, 0) is 19.1 Å². The van der Waals surface area contributed by atoms with E-state index in [9.17, 15) is 14.4 Å². The van der Waals surface area contributed by atoms with E-state index in [1.807, 2.05) is 12.1 Å². The summed E-state index contributed by atoms with van der Waals surface area (Å²) < 4.78 is 10.3. The van der Waals surface area contributed by atoms with Crippen molar-refractivity contribution in [2.45, 2.75) is 45.3 Å². The van der Waals surface area contributed by atoms with E-state index in [0.717, 1.165) is 38.2 Å². The Kier molecular flexibility index (Phi) is 7.22. The predicted molar refractivity (Wildman–Crippen MR) is 108 cm³/mol. The number of hydrogen-bond acceptors (Lipinski definition) is 7. The molecule has 3 rings (SSSR count). The molecule has 2 fully saturated rings. The van der Waals surface area contributed by atoms with E-state index in [1.54, 1.807) is 24.0 Å². The first kappa shape index (κ1) is 21.3. The fourth-order valence-electron chi connectivity index (χ4n) is 3.82.